The van der Waals surface area contributed by atoms with Gasteiger partial charge in [-0.25, -0.2) is 9.97 Å². The minimum absolute atomic E-state index is 0.489. The summed E-state index contributed by atoms with van der Waals surface area (Å²) in [5.74, 6) is 0.493. The van der Waals surface area contributed by atoms with Crippen LogP contribution in [0.4, 0.5) is 11.6 Å². The van der Waals surface area contributed by atoms with Crippen molar-refractivity contribution in [3.8, 4) is 11.3 Å². The Morgan fingerprint density at radius 3 is 2.75 bits per heavy atom. The summed E-state index contributed by atoms with van der Waals surface area (Å²) >= 11 is 6.15. The van der Waals surface area contributed by atoms with E-state index >= 15 is 0 Å². The highest BCUT2D eigenvalue weighted by Crippen LogP contribution is 2.25. The van der Waals surface area contributed by atoms with Crippen LogP contribution < -0.4 is 10.3 Å². The van der Waals surface area contributed by atoms with Crippen molar-refractivity contribution in [3.63, 3.8) is 0 Å². The molecule has 5 heteroatoms. The smallest absolute Gasteiger partial charge is 0.312 e. The molecule has 1 N–H and O–H groups in total. The number of nitrogens with one attached hydrogen (secondary N) is 1. The first-order valence-electron chi connectivity index (χ1n) is 6.00. The Morgan fingerprint density at radius 2 is 2.00 bits per heavy atom. The summed E-state index contributed by atoms with van der Waals surface area (Å²) in [5.41, 5.74) is 2.42. The van der Waals surface area contributed by atoms with E-state index in [0.29, 0.717) is 16.7 Å². The van der Waals surface area contributed by atoms with Crippen LogP contribution in [0.25, 0.3) is 11.3 Å². The molecule has 0 bridgehead atoms. The highest BCUT2D eigenvalue weighted by atomic mass is 35.5. The standard InChI is InChI=1S/C15H10ClN4/c16-13-10-18-15(19-12-4-2-1-3-5-12)20-14(13)11-6-8-17-9-7-11/h1-8,10H,(H,18,19,20)/q+1. The lowest BCUT2D eigenvalue weighted by molar-refractivity contribution is -0.293. The molecule has 2 heterocycles. The molecule has 0 aliphatic carbocycles. The average molecular weight is 282 g/mol. The van der Waals surface area contributed by atoms with Gasteiger partial charge in [0, 0.05) is 17.3 Å². The van der Waals surface area contributed by atoms with Gasteiger partial charge in [-0.15, -0.1) is 0 Å². The Kier molecular flexibility index (Phi) is 3.44. The Bertz CT molecular complexity index is 702. The molecule has 0 saturated heterocycles. The molecule has 3 aromatic rings. The van der Waals surface area contributed by atoms with Crippen LogP contribution in [0, 0.1) is 6.20 Å². The summed E-state index contributed by atoms with van der Waals surface area (Å²) in [6.07, 6.45) is 6.00. The first-order chi connectivity index (χ1) is 9.83. The molecule has 0 aliphatic rings. The van der Waals surface area contributed by atoms with E-state index < -0.39 is 0 Å². The van der Waals surface area contributed by atoms with Crippen LogP contribution in [0.1, 0.15) is 0 Å². The van der Waals surface area contributed by atoms with E-state index in [2.05, 4.69) is 26.5 Å². The normalized spacial score (nSPS) is 9.85. The maximum atomic E-state index is 6.15. The van der Waals surface area contributed by atoms with Gasteiger partial charge in [-0.1, -0.05) is 29.8 Å². The van der Waals surface area contributed by atoms with Crippen molar-refractivity contribution in [2.45, 2.75) is 0 Å². The van der Waals surface area contributed by atoms with Gasteiger partial charge in [-0.2, -0.15) is 0 Å². The Balaban J connectivity index is 1.95. The van der Waals surface area contributed by atoms with Crippen molar-refractivity contribution in [1.82, 2.24) is 9.97 Å². The number of hydrogen-bond acceptors (Lipinski definition) is 3. The van der Waals surface area contributed by atoms with Gasteiger partial charge in [0.25, 0.3) is 0 Å². The zero-order valence-corrected chi connectivity index (χ0v) is 11.2. The Labute approximate surface area is 121 Å². The van der Waals surface area contributed by atoms with E-state index in [-0.39, 0.29) is 0 Å². The first kappa shape index (κ1) is 12.4. The van der Waals surface area contributed by atoms with E-state index in [4.69, 9.17) is 11.6 Å². The molecule has 1 aromatic carbocycles. The first-order valence-corrected chi connectivity index (χ1v) is 6.38. The summed E-state index contributed by atoms with van der Waals surface area (Å²) in [6.45, 7) is 0. The van der Waals surface area contributed by atoms with Crippen LogP contribution in [0.2, 0.25) is 5.02 Å². The number of hydrogen-bond donors (Lipinski definition) is 1. The number of anilines is 2. The van der Waals surface area contributed by atoms with E-state index in [1.807, 2.05) is 36.4 Å². The summed E-state index contributed by atoms with van der Waals surface area (Å²) < 4.78 is 0. The largest absolute Gasteiger partial charge is 0.324 e. The lowest BCUT2D eigenvalue weighted by atomic mass is 10.2. The summed E-state index contributed by atoms with van der Waals surface area (Å²) in [6, 6.07) is 13.3. The lowest BCUT2D eigenvalue weighted by Crippen LogP contribution is -1.99. The molecule has 3 rings (SSSR count). The second kappa shape index (κ2) is 5.55. The molecule has 0 atom stereocenters. The predicted octanol–water partition coefficient (Wildman–Crippen LogP) is 2.94. The van der Waals surface area contributed by atoms with Gasteiger partial charge in [0.2, 0.25) is 5.95 Å². The molecular formula is C15H10ClN4+. The summed E-state index contributed by atoms with van der Waals surface area (Å²) in [5, 5.41) is 3.62. The monoisotopic (exact) mass is 281 g/mol. The van der Waals surface area contributed by atoms with Crippen LogP contribution >= 0.6 is 11.6 Å². The topological polar surface area (TPSA) is 51.9 Å². The molecule has 0 radical (unpaired) electrons. The molecule has 0 unspecified atom stereocenters. The lowest BCUT2D eigenvalue weighted by Gasteiger charge is -2.07. The zero-order chi connectivity index (χ0) is 13.8. The fourth-order valence-electron chi connectivity index (χ4n) is 1.74. The van der Waals surface area contributed by atoms with E-state index in [1.54, 1.807) is 18.5 Å². The third kappa shape index (κ3) is 2.68. The Morgan fingerprint density at radius 1 is 1.15 bits per heavy atom. The summed E-state index contributed by atoms with van der Waals surface area (Å²) in [4.78, 5) is 12.5. The van der Waals surface area contributed by atoms with Crippen LogP contribution in [-0.2, 0) is 0 Å². The van der Waals surface area contributed by atoms with Crippen LogP contribution in [0.3, 0.4) is 0 Å². The van der Waals surface area contributed by atoms with Gasteiger partial charge in [-0.05, 0) is 17.1 Å². The molecule has 0 aliphatic heterocycles. The van der Waals surface area contributed by atoms with Crippen molar-refractivity contribution >= 4 is 23.2 Å². The van der Waals surface area contributed by atoms with E-state index in [1.165, 1.54) is 0 Å². The molecule has 0 fully saturated rings. The molecule has 0 amide bonds. The second-order valence-corrected chi connectivity index (χ2v) is 4.46. The van der Waals surface area contributed by atoms with Crippen molar-refractivity contribution in [3.05, 3.63) is 66.1 Å². The van der Waals surface area contributed by atoms with Gasteiger partial charge in [0.15, 0.2) is 0 Å². The van der Waals surface area contributed by atoms with Crippen molar-refractivity contribution in [2.75, 3.05) is 5.32 Å². The zero-order valence-electron chi connectivity index (χ0n) is 10.4. The van der Waals surface area contributed by atoms with Crippen molar-refractivity contribution in [1.29, 1.82) is 0 Å². The average Bonchev–Trinajstić information content (AvgIpc) is 2.51. The number of nitrogens with zero attached hydrogens (tertiary/aromatic N) is 3. The highest BCUT2D eigenvalue weighted by molar-refractivity contribution is 6.32. The van der Waals surface area contributed by atoms with Crippen LogP contribution in [0.5, 0.6) is 0 Å². The van der Waals surface area contributed by atoms with E-state index in [0.717, 1.165) is 11.3 Å². The molecular weight excluding hydrogens is 272 g/mol. The maximum Gasteiger partial charge on any atom is 0.312 e. The number of halogens is 1. The maximum absolute atomic E-state index is 6.15. The third-order valence-corrected chi connectivity index (χ3v) is 2.95. The molecule has 2 aromatic heterocycles. The molecule has 20 heavy (non-hydrogen) atoms. The van der Waals surface area contributed by atoms with Crippen LogP contribution in [0.15, 0.2) is 54.9 Å². The van der Waals surface area contributed by atoms with Gasteiger partial charge >= 0.3 is 12.4 Å². The SMILES string of the molecule is Clc1cnc(Nc2ccccc2)nc1-c1cc#[n+]cc1. The number of benzene rings is 1. The third-order valence-electron chi connectivity index (χ3n) is 2.67. The molecule has 0 spiro atoms. The summed E-state index contributed by atoms with van der Waals surface area (Å²) in [7, 11) is 0. The van der Waals surface area contributed by atoms with Gasteiger partial charge in [-0.3, -0.25) is 0 Å². The minimum Gasteiger partial charge on any atom is -0.324 e. The quantitative estimate of drug-likeness (QED) is 0.802. The number of rotatable bonds is 3. The fraction of sp³-hybridized carbons (Fsp3) is 0. The molecule has 96 valence electrons. The van der Waals surface area contributed by atoms with Gasteiger partial charge in [0.1, 0.15) is 0 Å². The van der Waals surface area contributed by atoms with E-state index in [9.17, 15) is 0 Å². The predicted molar refractivity (Wildman–Crippen MR) is 76.6 cm³/mol. The highest BCUT2D eigenvalue weighted by Gasteiger charge is 2.09. The van der Waals surface area contributed by atoms with Gasteiger partial charge in [0.05, 0.1) is 23.0 Å². The van der Waals surface area contributed by atoms with Crippen molar-refractivity contribution in [2.24, 2.45) is 0 Å². The molecule has 4 nitrogen and oxygen atoms in total. The Hall–Kier alpha value is -2.64. The van der Waals surface area contributed by atoms with Crippen LogP contribution in [-0.4, -0.2) is 9.97 Å². The number of para-hydroxylation sites is 1. The number of aromatic nitrogens is 3. The fourth-order valence-corrected chi connectivity index (χ4v) is 1.94. The second-order valence-electron chi connectivity index (χ2n) is 4.05. The van der Waals surface area contributed by atoms with Crippen molar-refractivity contribution < 1.29 is 4.98 Å². The molecule has 0 saturated carbocycles. The van der Waals surface area contributed by atoms with Gasteiger partial charge < -0.3 is 5.32 Å². The minimum atomic E-state index is 0.489.